The molecule has 2 fully saturated rings. The van der Waals surface area contributed by atoms with Gasteiger partial charge in [-0.25, -0.2) is 4.98 Å². The number of benzene rings is 1. The van der Waals surface area contributed by atoms with Gasteiger partial charge in [0, 0.05) is 6.54 Å². The van der Waals surface area contributed by atoms with Crippen molar-refractivity contribution < 1.29 is 9.21 Å². The predicted molar refractivity (Wildman–Crippen MR) is 74.5 cm³/mol. The number of carbonyl (C=O) groups excluding carboxylic acids is 1. The van der Waals surface area contributed by atoms with E-state index < -0.39 is 5.91 Å². The second kappa shape index (κ2) is 4.06. The number of piperidine rings is 1. The molecule has 2 aliphatic rings. The summed E-state index contributed by atoms with van der Waals surface area (Å²) in [6.45, 7) is 3.31. The highest BCUT2D eigenvalue weighted by molar-refractivity contribution is 6.03. The van der Waals surface area contributed by atoms with Gasteiger partial charge in [0.05, 0.1) is 11.0 Å². The van der Waals surface area contributed by atoms with Crippen molar-refractivity contribution in [1.29, 1.82) is 0 Å². The van der Waals surface area contributed by atoms with E-state index in [4.69, 9.17) is 10.2 Å². The number of rotatable bonds is 2. The number of primary amides is 1. The van der Waals surface area contributed by atoms with E-state index in [1.807, 2.05) is 6.07 Å². The van der Waals surface area contributed by atoms with E-state index in [1.54, 1.807) is 12.1 Å². The van der Waals surface area contributed by atoms with Gasteiger partial charge in [-0.15, -0.1) is 0 Å². The first-order chi connectivity index (χ1) is 9.68. The summed E-state index contributed by atoms with van der Waals surface area (Å²) in [5.74, 6) is 0.316. The van der Waals surface area contributed by atoms with Crippen LogP contribution in [0, 0.1) is 0 Å². The van der Waals surface area contributed by atoms with Crippen LogP contribution in [0.1, 0.15) is 35.5 Å². The normalized spacial score (nSPS) is 28.9. The molecule has 104 valence electrons. The molecule has 2 saturated heterocycles. The van der Waals surface area contributed by atoms with Gasteiger partial charge in [0.15, 0.2) is 5.58 Å². The number of nitrogens with two attached hydrogens (primary N) is 1. The molecule has 2 aromatic rings. The van der Waals surface area contributed by atoms with Crippen molar-refractivity contribution in [3.63, 3.8) is 0 Å². The highest BCUT2D eigenvalue weighted by atomic mass is 16.4. The molecule has 2 bridgehead atoms. The number of para-hydroxylation sites is 1. The van der Waals surface area contributed by atoms with Crippen LogP contribution in [0.5, 0.6) is 0 Å². The third kappa shape index (κ3) is 1.59. The molecule has 0 spiro atoms. The Bertz CT molecular complexity index is 689. The Labute approximate surface area is 116 Å². The molecule has 3 heterocycles. The third-order valence-electron chi connectivity index (χ3n) is 4.70. The highest BCUT2D eigenvalue weighted by Crippen LogP contribution is 2.42. The van der Waals surface area contributed by atoms with E-state index in [0.29, 0.717) is 11.1 Å². The molecule has 2 aliphatic heterocycles. The molecule has 20 heavy (non-hydrogen) atoms. The number of fused-ring (bicyclic) bond motifs is 3. The Morgan fingerprint density at radius 3 is 3.10 bits per heavy atom. The maximum absolute atomic E-state index is 11.5. The lowest BCUT2D eigenvalue weighted by Crippen LogP contribution is -2.37. The summed E-state index contributed by atoms with van der Waals surface area (Å²) in [4.78, 5) is 18.6. The summed E-state index contributed by atoms with van der Waals surface area (Å²) in [5, 5.41) is 0. The SMILES string of the molecule is NC(=O)c1cccc2nc(C34CCCN(CC3)C4)oc12. The molecule has 2 atom stereocenters. The zero-order valence-electron chi connectivity index (χ0n) is 11.3. The predicted octanol–water partition coefficient (Wildman–Crippen LogP) is 1.66. The zero-order chi connectivity index (χ0) is 13.7. The van der Waals surface area contributed by atoms with Crippen LogP contribution in [-0.4, -0.2) is 35.4 Å². The van der Waals surface area contributed by atoms with E-state index in [-0.39, 0.29) is 5.41 Å². The Morgan fingerprint density at radius 2 is 2.25 bits per heavy atom. The van der Waals surface area contributed by atoms with Gasteiger partial charge in [-0.3, -0.25) is 4.79 Å². The Kier molecular flexibility index (Phi) is 2.41. The van der Waals surface area contributed by atoms with Gasteiger partial charge in [0.25, 0.3) is 5.91 Å². The largest absolute Gasteiger partial charge is 0.439 e. The standard InChI is InChI=1S/C15H17N3O2/c16-13(19)10-3-1-4-11-12(10)20-14(17-11)15-5-2-7-18(9-15)8-6-15/h1,3-4H,2,5-9H2,(H2,16,19). The maximum Gasteiger partial charge on any atom is 0.252 e. The zero-order valence-corrected chi connectivity index (χ0v) is 11.3. The monoisotopic (exact) mass is 271 g/mol. The summed E-state index contributed by atoms with van der Waals surface area (Å²) in [7, 11) is 0. The maximum atomic E-state index is 11.5. The minimum Gasteiger partial charge on any atom is -0.439 e. The van der Waals surface area contributed by atoms with Gasteiger partial charge < -0.3 is 15.1 Å². The number of oxazole rings is 1. The summed E-state index contributed by atoms with van der Waals surface area (Å²) in [5.41, 5.74) is 7.13. The van der Waals surface area contributed by atoms with E-state index in [2.05, 4.69) is 9.88 Å². The van der Waals surface area contributed by atoms with Crippen molar-refractivity contribution in [3.8, 4) is 0 Å². The number of amides is 1. The number of hydrogen-bond donors (Lipinski definition) is 1. The molecular weight excluding hydrogens is 254 g/mol. The van der Waals surface area contributed by atoms with Crippen LogP contribution < -0.4 is 5.73 Å². The van der Waals surface area contributed by atoms with Crippen LogP contribution in [0.15, 0.2) is 22.6 Å². The Hall–Kier alpha value is -1.88. The minimum atomic E-state index is -0.465. The molecule has 2 N–H and O–H groups in total. The first-order valence-corrected chi connectivity index (χ1v) is 7.10. The first kappa shape index (κ1) is 11.9. The van der Waals surface area contributed by atoms with Crippen molar-refractivity contribution in [2.75, 3.05) is 19.6 Å². The molecule has 0 radical (unpaired) electrons. The molecule has 1 aromatic carbocycles. The Balaban J connectivity index is 1.85. The molecule has 4 rings (SSSR count). The topological polar surface area (TPSA) is 72.4 Å². The molecule has 0 saturated carbocycles. The second-order valence-corrected chi connectivity index (χ2v) is 5.95. The fourth-order valence-corrected chi connectivity index (χ4v) is 3.65. The third-order valence-corrected chi connectivity index (χ3v) is 4.70. The average molecular weight is 271 g/mol. The summed E-state index contributed by atoms with van der Waals surface area (Å²) in [6.07, 6.45) is 3.38. The van der Waals surface area contributed by atoms with Crippen molar-refractivity contribution in [2.24, 2.45) is 5.73 Å². The molecule has 1 amide bonds. The fraction of sp³-hybridized carbons (Fsp3) is 0.467. The van der Waals surface area contributed by atoms with Gasteiger partial charge in [0.1, 0.15) is 5.52 Å². The van der Waals surface area contributed by atoms with Crippen LogP contribution in [0.2, 0.25) is 0 Å². The second-order valence-electron chi connectivity index (χ2n) is 5.95. The van der Waals surface area contributed by atoms with Crippen LogP contribution in [0.3, 0.4) is 0 Å². The van der Waals surface area contributed by atoms with Crippen LogP contribution in [-0.2, 0) is 5.41 Å². The van der Waals surface area contributed by atoms with Gasteiger partial charge in [-0.05, 0) is 44.5 Å². The highest BCUT2D eigenvalue weighted by Gasteiger charge is 2.45. The molecule has 5 heteroatoms. The smallest absolute Gasteiger partial charge is 0.252 e. The summed E-state index contributed by atoms with van der Waals surface area (Å²) in [6, 6.07) is 5.37. The summed E-state index contributed by atoms with van der Waals surface area (Å²) >= 11 is 0. The van der Waals surface area contributed by atoms with Crippen molar-refractivity contribution in [3.05, 3.63) is 29.7 Å². The summed E-state index contributed by atoms with van der Waals surface area (Å²) < 4.78 is 5.98. The van der Waals surface area contributed by atoms with Crippen molar-refractivity contribution in [2.45, 2.75) is 24.7 Å². The first-order valence-electron chi connectivity index (χ1n) is 7.10. The number of carbonyl (C=O) groups is 1. The van der Waals surface area contributed by atoms with Crippen LogP contribution >= 0.6 is 0 Å². The molecule has 5 nitrogen and oxygen atoms in total. The lowest BCUT2D eigenvalue weighted by Gasteiger charge is -2.30. The van der Waals surface area contributed by atoms with E-state index in [0.717, 1.165) is 37.3 Å². The number of nitrogens with zero attached hydrogens (tertiary/aromatic N) is 2. The number of hydrogen-bond acceptors (Lipinski definition) is 4. The molecule has 1 aromatic heterocycles. The lowest BCUT2D eigenvalue weighted by molar-refractivity contribution is 0.100. The van der Waals surface area contributed by atoms with Crippen molar-refractivity contribution >= 4 is 17.0 Å². The van der Waals surface area contributed by atoms with Crippen molar-refractivity contribution in [1.82, 2.24) is 9.88 Å². The molecule has 0 aliphatic carbocycles. The van der Waals surface area contributed by atoms with E-state index in [1.165, 1.54) is 13.0 Å². The van der Waals surface area contributed by atoms with E-state index in [9.17, 15) is 4.79 Å². The van der Waals surface area contributed by atoms with E-state index >= 15 is 0 Å². The average Bonchev–Trinajstić information content (AvgIpc) is 3.00. The quantitative estimate of drug-likeness (QED) is 0.901. The van der Waals surface area contributed by atoms with Gasteiger partial charge in [-0.1, -0.05) is 6.07 Å². The van der Waals surface area contributed by atoms with Crippen LogP contribution in [0.25, 0.3) is 11.1 Å². The van der Waals surface area contributed by atoms with Gasteiger partial charge >= 0.3 is 0 Å². The lowest BCUT2D eigenvalue weighted by atomic mass is 9.81. The molecule has 2 unspecified atom stereocenters. The van der Waals surface area contributed by atoms with Crippen LogP contribution in [0.4, 0.5) is 0 Å². The molecular formula is C15H17N3O2. The fourth-order valence-electron chi connectivity index (χ4n) is 3.65. The van der Waals surface area contributed by atoms with Gasteiger partial charge in [-0.2, -0.15) is 0 Å². The Morgan fingerprint density at radius 1 is 1.35 bits per heavy atom. The number of aromatic nitrogens is 1. The minimum absolute atomic E-state index is 0.0339. The van der Waals surface area contributed by atoms with Gasteiger partial charge in [0.2, 0.25) is 5.89 Å².